The molecule has 0 fully saturated rings. The summed E-state index contributed by atoms with van der Waals surface area (Å²) in [5, 5.41) is 8.65. The number of halogens is 4. The van der Waals surface area contributed by atoms with Crippen molar-refractivity contribution in [3.05, 3.63) is 57.0 Å². The van der Waals surface area contributed by atoms with E-state index in [4.69, 9.17) is 9.84 Å². The summed E-state index contributed by atoms with van der Waals surface area (Å²) in [7, 11) is 1.31. The molecule has 142 valence electrons. The number of carbonyl (C=O) groups is 1. The molecule has 0 heterocycles. The van der Waals surface area contributed by atoms with E-state index in [9.17, 15) is 13.6 Å². The van der Waals surface area contributed by atoms with Gasteiger partial charge in [0.1, 0.15) is 6.61 Å². The maximum absolute atomic E-state index is 13.4. The summed E-state index contributed by atoms with van der Waals surface area (Å²) in [5.74, 6) is -1.68. The van der Waals surface area contributed by atoms with Gasteiger partial charge < -0.3 is 14.6 Å². The molecule has 0 saturated heterocycles. The molecule has 0 atom stereocenters. The highest BCUT2D eigenvalue weighted by atomic mass is 79.9. The van der Waals surface area contributed by atoms with Gasteiger partial charge in [-0.15, -0.1) is 0 Å². The molecule has 0 radical (unpaired) electrons. The second-order valence-electron chi connectivity index (χ2n) is 5.83. The van der Waals surface area contributed by atoms with Crippen molar-refractivity contribution in [2.24, 2.45) is 5.41 Å². The molecule has 0 saturated carbocycles. The van der Waals surface area contributed by atoms with E-state index >= 15 is 0 Å². The molecule has 4 nitrogen and oxygen atoms in total. The van der Waals surface area contributed by atoms with E-state index in [1.165, 1.54) is 31.4 Å². The second kappa shape index (κ2) is 9.87. The number of esters is 1. The fraction of sp³-hybridized carbons (Fsp3) is 0.278. The van der Waals surface area contributed by atoms with Crippen LogP contribution in [0.2, 0.25) is 0 Å². The molecule has 0 aromatic heterocycles. The van der Waals surface area contributed by atoms with Gasteiger partial charge in [-0.2, -0.15) is 0 Å². The highest BCUT2D eigenvalue weighted by molar-refractivity contribution is 9.10. The number of phenols is 1. The zero-order chi connectivity index (χ0) is 19.9. The SMILES string of the molecule is COC(=O)C(C)(C)COc1ccc(Br)cc1F.Oc1ccc(Br)cc1F. The summed E-state index contributed by atoms with van der Waals surface area (Å²) in [6.45, 7) is 3.41. The number of ether oxygens (including phenoxy) is 2. The minimum absolute atomic E-state index is 0.0538. The first-order valence-electron chi connectivity index (χ1n) is 7.37. The molecule has 0 bridgehead atoms. The average molecular weight is 496 g/mol. The lowest BCUT2D eigenvalue weighted by Gasteiger charge is -2.21. The van der Waals surface area contributed by atoms with Crippen molar-refractivity contribution in [1.82, 2.24) is 0 Å². The normalized spacial score (nSPS) is 10.6. The predicted molar refractivity (Wildman–Crippen MR) is 101 cm³/mol. The molecule has 0 unspecified atom stereocenters. The highest BCUT2D eigenvalue weighted by Crippen LogP contribution is 2.24. The van der Waals surface area contributed by atoms with Crippen molar-refractivity contribution in [2.75, 3.05) is 13.7 Å². The van der Waals surface area contributed by atoms with Crippen LogP contribution in [0.25, 0.3) is 0 Å². The van der Waals surface area contributed by atoms with Gasteiger partial charge in [0.2, 0.25) is 0 Å². The third-order valence-electron chi connectivity index (χ3n) is 3.13. The van der Waals surface area contributed by atoms with Crippen LogP contribution in [0.3, 0.4) is 0 Å². The van der Waals surface area contributed by atoms with Crippen LogP contribution >= 0.6 is 31.9 Å². The lowest BCUT2D eigenvalue weighted by molar-refractivity contribution is -0.152. The number of rotatable bonds is 4. The maximum Gasteiger partial charge on any atom is 0.314 e. The molecule has 26 heavy (non-hydrogen) atoms. The van der Waals surface area contributed by atoms with Gasteiger partial charge in [-0.1, -0.05) is 31.9 Å². The van der Waals surface area contributed by atoms with Gasteiger partial charge in [0.05, 0.1) is 12.5 Å². The largest absolute Gasteiger partial charge is 0.505 e. The van der Waals surface area contributed by atoms with Crippen molar-refractivity contribution in [1.29, 1.82) is 0 Å². The van der Waals surface area contributed by atoms with Crippen molar-refractivity contribution in [3.63, 3.8) is 0 Å². The molecule has 2 aromatic carbocycles. The van der Waals surface area contributed by atoms with Crippen molar-refractivity contribution in [3.8, 4) is 11.5 Å². The van der Waals surface area contributed by atoms with Crippen LogP contribution in [-0.2, 0) is 9.53 Å². The van der Waals surface area contributed by atoms with Crippen LogP contribution < -0.4 is 4.74 Å². The summed E-state index contributed by atoms with van der Waals surface area (Å²) in [4.78, 5) is 11.4. The zero-order valence-corrected chi connectivity index (χ0v) is 17.5. The van der Waals surface area contributed by atoms with E-state index in [2.05, 4.69) is 36.6 Å². The summed E-state index contributed by atoms with van der Waals surface area (Å²) in [5.41, 5.74) is -0.811. The molecule has 2 aromatic rings. The topological polar surface area (TPSA) is 55.8 Å². The van der Waals surface area contributed by atoms with E-state index in [1.54, 1.807) is 26.0 Å². The summed E-state index contributed by atoms with van der Waals surface area (Å²) < 4.78 is 36.9. The monoisotopic (exact) mass is 494 g/mol. The van der Waals surface area contributed by atoms with E-state index in [1.807, 2.05) is 0 Å². The van der Waals surface area contributed by atoms with Crippen LogP contribution in [0.1, 0.15) is 13.8 Å². The van der Waals surface area contributed by atoms with Gasteiger partial charge in [0.25, 0.3) is 0 Å². The van der Waals surface area contributed by atoms with Crippen LogP contribution in [0.15, 0.2) is 45.3 Å². The first kappa shape index (κ1) is 22.4. The Balaban J connectivity index is 0.000000314. The number of hydrogen-bond acceptors (Lipinski definition) is 4. The van der Waals surface area contributed by atoms with Gasteiger partial charge in [0, 0.05) is 8.95 Å². The lowest BCUT2D eigenvalue weighted by atomic mass is 9.95. The van der Waals surface area contributed by atoms with E-state index in [0.29, 0.717) is 8.95 Å². The number of carbonyl (C=O) groups excluding carboxylic acids is 1. The first-order valence-corrected chi connectivity index (χ1v) is 8.95. The summed E-state index contributed by atoms with van der Waals surface area (Å²) >= 11 is 6.20. The standard InChI is InChI=1S/C12H14BrFO3.C6H4BrFO/c1-12(2,11(15)16-3)7-17-10-5-4-8(13)6-9(10)14;7-4-1-2-6(9)5(8)3-4/h4-6H,7H2,1-3H3;1-3,9H. The lowest BCUT2D eigenvalue weighted by Crippen LogP contribution is -2.32. The third kappa shape index (κ3) is 6.92. The van der Waals surface area contributed by atoms with E-state index < -0.39 is 23.0 Å². The van der Waals surface area contributed by atoms with Gasteiger partial charge in [-0.05, 0) is 50.2 Å². The Morgan fingerprint density at radius 2 is 1.62 bits per heavy atom. The predicted octanol–water partition coefficient (Wildman–Crippen LogP) is 5.46. The maximum atomic E-state index is 13.4. The fourth-order valence-electron chi connectivity index (χ4n) is 1.67. The Bertz CT molecular complexity index is 767. The number of hydrogen-bond donors (Lipinski definition) is 1. The van der Waals surface area contributed by atoms with E-state index in [-0.39, 0.29) is 18.1 Å². The molecule has 0 aliphatic carbocycles. The molecule has 2 rings (SSSR count). The minimum atomic E-state index is -0.811. The van der Waals surface area contributed by atoms with Crippen LogP contribution in [-0.4, -0.2) is 24.8 Å². The third-order valence-corrected chi connectivity index (χ3v) is 4.12. The van der Waals surface area contributed by atoms with Crippen LogP contribution in [0.5, 0.6) is 11.5 Å². The van der Waals surface area contributed by atoms with Crippen molar-refractivity contribution in [2.45, 2.75) is 13.8 Å². The van der Waals surface area contributed by atoms with Crippen molar-refractivity contribution < 1.29 is 28.2 Å². The summed E-state index contributed by atoms with van der Waals surface area (Å²) in [6, 6.07) is 8.55. The Kier molecular flexibility index (Phi) is 8.49. The number of benzene rings is 2. The molecular formula is C18H18Br2F2O4. The fourth-order valence-corrected chi connectivity index (χ4v) is 2.33. The van der Waals surface area contributed by atoms with E-state index in [0.717, 1.165) is 0 Å². The molecule has 0 aliphatic heterocycles. The molecule has 0 amide bonds. The quantitative estimate of drug-likeness (QED) is 0.572. The number of phenolic OH excluding ortho intramolecular Hbond substituents is 1. The van der Waals surface area contributed by atoms with Gasteiger partial charge in [-0.3, -0.25) is 4.79 Å². The Morgan fingerprint density at radius 1 is 1.08 bits per heavy atom. The number of aromatic hydroxyl groups is 1. The number of methoxy groups -OCH3 is 1. The molecule has 1 N–H and O–H groups in total. The second-order valence-corrected chi connectivity index (χ2v) is 7.67. The molecule has 0 spiro atoms. The van der Waals surface area contributed by atoms with Crippen LogP contribution in [0, 0.1) is 17.0 Å². The minimum Gasteiger partial charge on any atom is -0.505 e. The Labute approximate surface area is 167 Å². The summed E-state index contributed by atoms with van der Waals surface area (Å²) in [6.07, 6.45) is 0. The first-order chi connectivity index (χ1) is 12.1. The smallest absolute Gasteiger partial charge is 0.314 e. The zero-order valence-electron chi connectivity index (χ0n) is 14.4. The molecule has 0 aliphatic rings. The van der Waals surface area contributed by atoms with Gasteiger partial charge in [-0.25, -0.2) is 8.78 Å². The average Bonchev–Trinajstić information content (AvgIpc) is 2.57. The van der Waals surface area contributed by atoms with Crippen LogP contribution in [0.4, 0.5) is 8.78 Å². The van der Waals surface area contributed by atoms with Gasteiger partial charge >= 0.3 is 5.97 Å². The highest BCUT2D eigenvalue weighted by Gasteiger charge is 2.30. The Hall–Kier alpha value is -1.67. The Morgan fingerprint density at radius 3 is 2.08 bits per heavy atom. The van der Waals surface area contributed by atoms with Crippen molar-refractivity contribution >= 4 is 37.8 Å². The molecule has 8 heteroatoms. The van der Waals surface area contributed by atoms with Gasteiger partial charge in [0.15, 0.2) is 23.1 Å². The molecular weight excluding hydrogens is 478 g/mol.